The smallest absolute Gasteiger partial charge is 0.247 e. The van der Waals surface area contributed by atoms with Crippen molar-refractivity contribution in [3.05, 3.63) is 59.1 Å². The van der Waals surface area contributed by atoms with E-state index in [1.165, 1.54) is 5.56 Å². The first kappa shape index (κ1) is 21.6. The number of likely N-dealkylation sites (tertiary alicyclic amines) is 1. The van der Waals surface area contributed by atoms with E-state index in [1.54, 1.807) is 22.5 Å². The van der Waals surface area contributed by atoms with Crippen LogP contribution in [0.4, 0.5) is 0 Å². The first-order valence-corrected chi connectivity index (χ1v) is 12.4. The number of nitrogens with zero attached hydrogens (tertiary/aromatic N) is 2. The molecule has 2 aliphatic heterocycles. The van der Waals surface area contributed by atoms with E-state index < -0.39 is 10.0 Å². The molecule has 1 saturated heterocycles. The van der Waals surface area contributed by atoms with Crippen LogP contribution in [0.5, 0.6) is 5.75 Å². The second-order valence-electron chi connectivity index (χ2n) is 8.62. The summed E-state index contributed by atoms with van der Waals surface area (Å²) in [4.78, 5) is 2.67. The Balaban J connectivity index is 1.61. The molecule has 0 N–H and O–H groups in total. The van der Waals surface area contributed by atoms with Crippen LogP contribution in [0.1, 0.15) is 32.3 Å². The number of rotatable bonds is 4. The zero-order chi connectivity index (χ0) is 21.3. The molecule has 2 aromatic carbocycles. The monoisotopic (exact) mass is 448 g/mol. The van der Waals surface area contributed by atoms with Gasteiger partial charge in [0.05, 0.1) is 6.04 Å². The van der Waals surface area contributed by atoms with Gasteiger partial charge < -0.3 is 4.74 Å². The lowest BCUT2D eigenvalue weighted by Gasteiger charge is -2.32. The minimum absolute atomic E-state index is 0.155. The Hall–Kier alpha value is -1.60. The van der Waals surface area contributed by atoms with Crippen LogP contribution in [-0.2, 0) is 16.6 Å². The molecule has 0 amide bonds. The van der Waals surface area contributed by atoms with Gasteiger partial charge in [0.25, 0.3) is 0 Å². The summed E-state index contributed by atoms with van der Waals surface area (Å²) in [5.74, 6) is 0.712. The van der Waals surface area contributed by atoms with Crippen LogP contribution in [0.15, 0.2) is 53.4 Å². The third kappa shape index (κ3) is 4.52. The standard InChI is InChI=1S/C23H29ClN2O3S/c1-17(2)15-26-20-11-13-25(16-18-7-9-19(24)10-8-18)14-12-21(20)29-22-5-3-4-6-23(22)30(26,27)28/h3-10,17,20-21H,11-16H2,1-2H3/t20-,21-/m0/s1. The minimum atomic E-state index is -3.61. The fourth-order valence-electron chi connectivity index (χ4n) is 4.41. The Bertz CT molecular complexity index is 978. The summed E-state index contributed by atoms with van der Waals surface area (Å²) in [6, 6.07) is 14.8. The van der Waals surface area contributed by atoms with Gasteiger partial charge in [-0.3, -0.25) is 4.90 Å². The molecular formula is C23H29ClN2O3S. The normalized spacial score (nSPS) is 24.4. The number of hydrogen-bond acceptors (Lipinski definition) is 4. The van der Waals surface area contributed by atoms with Gasteiger partial charge >= 0.3 is 0 Å². The number of ether oxygens (including phenoxy) is 1. The molecule has 2 aliphatic rings. The van der Waals surface area contributed by atoms with Gasteiger partial charge in [-0.15, -0.1) is 0 Å². The lowest BCUT2D eigenvalue weighted by molar-refractivity contribution is 0.108. The molecule has 2 aromatic rings. The van der Waals surface area contributed by atoms with Crippen molar-refractivity contribution in [1.82, 2.24) is 9.21 Å². The molecule has 0 unspecified atom stereocenters. The highest BCUT2D eigenvalue weighted by molar-refractivity contribution is 7.89. The largest absolute Gasteiger partial charge is 0.487 e. The van der Waals surface area contributed by atoms with E-state index in [0.717, 1.165) is 37.5 Å². The van der Waals surface area contributed by atoms with E-state index in [2.05, 4.69) is 18.7 Å². The maximum absolute atomic E-state index is 13.6. The molecule has 7 heteroatoms. The Kier molecular flexibility index (Phi) is 6.39. The Morgan fingerprint density at radius 1 is 1.07 bits per heavy atom. The number of hydrogen-bond donors (Lipinski definition) is 0. The first-order valence-electron chi connectivity index (χ1n) is 10.6. The second-order valence-corrected chi connectivity index (χ2v) is 10.9. The topological polar surface area (TPSA) is 49.9 Å². The Morgan fingerprint density at radius 3 is 2.50 bits per heavy atom. The Labute approximate surface area is 184 Å². The number of sulfonamides is 1. The quantitative estimate of drug-likeness (QED) is 0.695. The summed E-state index contributed by atoms with van der Waals surface area (Å²) in [6.07, 6.45) is 1.38. The molecule has 162 valence electrons. The van der Waals surface area contributed by atoms with Crippen LogP contribution in [0, 0.1) is 5.92 Å². The summed E-state index contributed by atoms with van der Waals surface area (Å²) in [5, 5.41) is 0.735. The third-order valence-electron chi connectivity index (χ3n) is 5.85. The minimum Gasteiger partial charge on any atom is -0.487 e. The third-order valence-corrected chi connectivity index (χ3v) is 8.03. The van der Waals surface area contributed by atoms with E-state index in [9.17, 15) is 8.42 Å². The van der Waals surface area contributed by atoms with Crippen molar-refractivity contribution < 1.29 is 13.2 Å². The van der Waals surface area contributed by atoms with Crippen molar-refractivity contribution in [2.45, 2.75) is 50.3 Å². The highest BCUT2D eigenvalue weighted by Gasteiger charge is 2.43. The van der Waals surface area contributed by atoms with Crippen molar-refractivity contribution in [3.8, 4) is 5.75 Å². The molecule has 0 saturated carbocycles. The fraction of sp³-hybridized carbons (Fsp3) is 0.478. The SMILES string of the molecule is CC(C)CN1[C@H]2CCN(Cc3ccc(Cl)cc3)CC[C@@H]2Oc2ccccc2S1(=O)=O. The molecule has 2 atom stereocenters. The number of halogens is 1. The molecule has 0 aliphatic carbocycles. The molecule has 30 heavy (non-hydrogen) atoms. The summed E-state index contributed by atoms with van der Waals surface area (Å²) in [6.45, 7) is 7.13. The van der Waals surface area contributed by atoms with Gasteiger partial charge in [0, 0.05) is 31.2 Å². The summed E-state index contributed by atoms with van der Waals surface area (Å²) in [7, 11) is -3.61. The van der Waals surface area contributed by atoms with Gasteiger partial charge in [-0.2, -0.15) is 4.31 Å². The van der Waals surface area contributed by atoms with Crippen LogP contribution in [-0.4, -0.2) is 49.4 Å². The number of fused-ring (bicyclic) bond motifs is 2. The van der Waals surface area contributed by atoms with Gasteiger partial charge in [-0.1, -0.05) is 49.7 Å². The van der Waals surface area contributed by atoms with E-state index in [4.69, 9.17) is 16.3 Å². The van der Waals surface area contributed by atoms with Crippen LogP contribution in [0.2, 0.25) is 5.02 Å². The zero-order valence-corrected chi connectivity index (χ0v) is 19.1. The molecule has 0 spiro atoms. The lowest BCUT2D eigenvalue weighted by atomic mass is 10.0. The van der Waals surface area contributed by atoms with Crippen LogP contribution in [0.25, 0.3) is 0 Å². The van der Waals surface area contributed by atoms with Crippen molar-refractivity contribution in [2.75, 3.05) is 19.6 Å². The number of para-hydroxylation sites is 1. The van der Waals surface area contributed by atoms with Gasteiger partial charge in [0.2, 0.25) is 10.0 Å². The zero-order valence-electron chi connectivity index (χ0n) is 17.5. The highest BCUT2D eigenvalue weighted by atomic mass is 35.5. The van der Waals surface area contributed by atoms with Crippen LogP contribution in [0.3, 0.4) is 0 Å². The summed E-state index contributed by atoms with van der Waals surface area (Å²) >= 11 is 6.01. The van der Waals surface area contributed by atoms with E-state index in [-0.39, 0.29) is 23.0 Å². The molecule has 0 aromatic heterocycles. The average molecular weight is 449 g/mol. The maximum Gasteiger partial charge on any atom is 0.247 e. The van der Waals surface area contributed by atoms with Gasteiger partial charge in [0.15, 0.2) is 0 Å². The predicted octanol–water partition coefficient (Wildman–Crippen LogP) is 4.41. The van der Waals surface area contributed by atoms with Crippen LogP contribution < -0.4 is 4.74 Å². The number of benzene rings is 2. The van der Waals surface area contributed by atoms with Crippen molar-refractivity contribution >= 4 is 21.6 Å². The average Bonchev–Trinajstić information content (AvgIpc) is 2.94. The summed E-state index contributed by atoms with van der Waals surface area (Å²) < 4.78 is 35.1. The van der Waals surface area contributed by atoms with Gasteiger partial charge in [0.1, 0.15) is 16.7 Å². The van der Waals surface area contributed by atoms with Crippen LogP contribution >= 0.6 is 11.6 Å². The molecule has 2 heterocycles. The van der Waals surface area contributed by atoms with Crippen molar-refractivity contribution in [3.63, 3.8) is 0 Å². The second kappa shape index (κ2) is 8.87. The van der Waals surface area contributed by atoms with E-state index >= 15 is 0 Å². The molecule has 5 nitrogen and oxygen atoms in total. The summed E-state index contributed by atoms with van der Waals surface area (Å²) in [5.41, 5.74) is 1.21. The molecule has 0 radical (unpaired) electrons. The van der Waals surface area contributed by atoms with Crippen molar-refractivity contribution in [1.29, 1.82) is 0 Å². The van der Waals surface area contributed by atoms with E-state index in [0.29, 0.717) is 12.3 Å². The molecule has 1 fully saturated rings. The lowest BCUT2D eigenvalue weighted by Crippen LogP contribution is -2.48. The Morgan fingerprint density at radius 2 is 1.77 bits per heavy atom. The molecule has 4 rings (SSSR count). The molecule has 0 bridgehead atoms. The predicted molar refractivity (Wildman–Crippen MR) is 119 cm³/mol. The maximum atomic E-state index is 13.6. The molecular weight excluding hydrogens is 420 g/mol. The fourth-order valence-corrected chi connectivity index (χ4v) is 6.50. The highest BCUT2D eigenvalue weighted by Crippen LogP contribution is 2.37. The van der Waals surface area contributed by atoms with E-state index in [1.807, 2.05) is 30.3 Å². The first-order chi connectivity index (χ1) is 14.3. The van der Waals surface area contributed by atoms with Gasteiger partial charge in [-0.05, 0) is 48.6 Å². The van der Waals surface area contributed by atoms with Gasteiger partial charge in [-0.25, -0.2) is 8.42 Å². The van der Waals surface area contributed by atoms with Crippen molar-refractivity contribution in [2.24, 2.45) is 5.92 Å².